The van der Waals surface area contributed by atoms with Gasteiger partial charge in [-0.25, -0.2) is 13.1 Å². The van der Waals surface area contributed by atoms with Crippen molar-refractivity contribution in [1.82, 2.24) is 24.5 Å². The van der Waals surface area contributed by atoms with E-state index in [1.807, 2.05) is 0 Å². The van der Waals surface area contributed by atoms with Crippen molar-refractivity contribution in [2.75, 3.05) is 5.32 Å². The van der Waals surface area contributed by atoms with Gasteiger partial charge in [0.1, 0.15) is 5.01 Å². The molecule has 0 bridgehead atoms. The van der Waals surface area contributed by atoms with Gasteiger partial charge in [-0.15, -0.1) is 10.2 Å². The molecule has 0 spiro atoms. The van der Waals surface area contributed by atoms with Crippen LogP contribution in [-0.2, 0) is 21.4 Å². The molecule has 26 heavy (non-hydrogen) atoms. The van der Waals surface area contributed by atoms with Crippen molar-refractivity contribution in [2.45, 2.75) is 37.1 Å². The van der Waals surface area contributed by atoms with Gasteiger partial charge in [0, 0.05) is 18.5 Å². The third kappa shape index (κ3) is 3.45. The molecule has 2 aromatic heterocycles. The smallest absolute Gasteiger partial charge is 0.240 e. The first kappa shape index (κ1) is 17.1. The third-order valence-corrected chi connectivity index (χ3v) is 6.21. The molecule has 9 nitrogen and oxygen atoms in total. The van der Waals surface area contributed by atoms with Gasteiger partial charge in [0.05, 0.1) is 11.4 Å². The summed E-state index contributed by atoms with van der Waals surface area (Å²) in [5, 5.41) is 15.9. The van der Waals surface area contributed by atoms with Gasteiger partial charge in [-0.05, 0) is 37.1 Å². The number of nitrogens with one attached hydrogen (secondary N) is 2. The van der Waals surface area contributed by atoms with Gasteiger partial charge in [-0.1, -0.05) is 11.3 Å². The summed E-state index contributed by atoms with van der Waals surface area (Å²) < 4.78 is 29.1. The number of amides is 1. The first-order chi connectivity index (χ1) is 12.4. The van der Waals surface area contributed by atoms with E-state index in [0.717, 1.165) is 18.7 Å². The molecule has 0 radical (unpaired) electrons. The Hall–Kier alpha value is -2.37. The monoisotopic (exact) mass is 392 g/mol. The Bertz CT molecular complexity index is 1070. The van der Waals surface area contributed by atoms with Gasteiger partial charge in [-0.2, -0.15) is 9.61 Å². The van der Waals surface area contributed by atoms with Crippen molar-refractivity contribution >= 4 is 37.9 Å². The lowest BCUT2D eigenvalue weighted by Gasteiger charge is -2.06. The molecule has 1 amide bonds. The summed E-state index contributed by atoms with van der Waals surface area (Å²) in [6.45, 7) is 1.47. The molecule has 1 saturated carbocycles. The Labute approximate surface area is 153 Å². The second kappa shape index (κ2) is 6.41. The molecule has 4 rings (SSSR count). The molecule has 1 aliphatic carbocycles. The molecule has 0 saturated heterocycles. The Kier molecular flexibility index (Phi) is 4.21. The topological polar surface area (TPSA) is 118 Å². The Morgan fingerprint density at radius 1 is 1.27 bits per heavy atom. The van der Waals surface area contributed by atoms with Crippen LogP contribution in [0.4, 0.5) is 5.69 Å². The molecule has 1 aromatic carbocycles. The largest absolute Gasteiger partial charge is 0.326 e. The predicted octanol–water partition coefficient (Wildman–Crippen LogP) is 1.50. The average Bonchev–Trinajstić information content (AvgIpc) is 3.22. The first-order valence-electron chi connectivity index (χ1n) is 8.01. The van der Waals surface area contributed by atoms with Crippen LogP contribution in [0.3, 0.4) is 0 Å². The molecule has 0 atom stereocenters. The number of aromatic nitrogens is 4. The quantitative estimate of drug-likeness (QED) is 0.656. The standard InChI is InChI=1S/C15H16N6O3S2/c1-9(22)17-11-4-6-12(7-5-11)26(23,24)16-8-13-20-21-14(10-2-3-10)18-19-15(21)25-13/h4-7,10,16H,2-3,8H2,1H3,(H,17,22). The maximum atomic E-state index is 12.4. The highest BCUT2D eigenvalue weighted by Gasteiger charge is 2.30. The van der Waals surface area contributed by atoms with Gasteiger partial charge < -0.3 is 5.32 Å². The van der Waals surface area contributed by atoms with E-state index in [-0.39, 0.29) is 17.3 Å². The lowest BCUT2D eigenvalue weighted by Crippen LogP contribution is -2.23. The Morgan fingerprint density at radius 3 is 2.65 bits per heavy atom. The summed E-state index contributed by atoms with van der Waals surface area (Å²) >= 11 is 1.31. The van der Waals surface area contributed by atoms with E-state index in [1.165, 1.54) is 30.4 Å². The minimum atomic E-state index is -3.68. The average molecular weight is 392 g/mol. The first-order valence-corrected chi connectivity index (χ1v) is 10.3. The maximum absolute atomic E-state index is 12.4. The Morgan fingerprint density at radius 2 is 2.00 bits per heavy atom. The highest BCUT2D eigenvalue weighted by molar-refractivity contribution is 7.89. The number of sulfonamides is 1. The minimum Gasteiger partial charge on any atom is -0.326 e. The van der Waals surface area contributed by atoms with Gasteiger partial charge in [-0.3, -0.25) is 4.79 Å². The molecule has 1 fully saturated rings. The fraction of sp³-hybridized carbons (Fsp3) is 0.333. The van der Waals surface area contributed by atoms with Crippen LogP contribution in [-0.4, -0.2) is 34.1 Å². The molecule has 0 unspecified atom stereocenters. The molecule has 11 heteroatoms. The summed E-state index contributed by atoms with van der Waals surface area (Å²) in [4.78, 5) is 11.8. The highest BCUT2D eigenvalue weighted by atomic mass is 32.2. The molecule has 0 aliphatic heterocycles. The van der Waals surface area contributed by atoms with Crippen molar-refractivity contribution < 1.29 is 13.2 Å². The molecular formula is C15H16N6O3S2. The van der Waals surface area contributed by atoms with Crippen molar-refractivity contribution in [3.63, 3.8) is 0 Å². The van der Waals surface area contributed by atoms with E-state index in [9.17, 15) is 13.2 Å². The summed E-state index contributed by atoms with van der Waals surface area (Å²) in [6, 6.07) is 5.97. The molecule has 2 N–H and O–H groups in total. The third-order valence-electron chi connectivity index (χ3n) is 3.90. The SMILES string of the molecule is CC(=O)Nc1ccc(S(=O)(=O)NCc2nn3c(C4CC4)nnc3s2)cc1. The van der Waals surface area contributed by atoms with E-state index in [2.05, 4.69) is 25.3 Å². The van der Waals surface area contributed by atoms with Crippen LogP contribution in [0.1, 0.15) is 36.5 Å². The van der Waals surface area contributed by atoms with Crippen molar-refractivity contribution in [1.29, 1.82) is 0 Å². The number of nitrogens with zero attached hydrogens (tertiary/aromatic N) is 4. The maximum Gasteiger partial charge on any atom is 0.240 e. The van der Waals surface area contributed by atoms with Gasteiger partial charge >= 0.3 is 0 Å². The van der Waals surface area contributed by atoms with Crippen LogP contribution in [0, 0.1) is 0 Å². The number of fused-ring (bicyclic) bond motifs is 1. The number of carbonyl (C=O) groups excluding carboxylic acids is 1. The number of hydrogen-bond acceptors (Lipinski definition) is 7. The fourth-order valence-electron chi connectivity index (χ4n) is 2.50. The van der Waals surface area contributed by atoms with Crippen LogP contribution in [0.5, 0.6) is 0 Å². The zero-order chi connectivity index (χ0) is 18.3. The number of carbonyl (C=O) groups is 1. The van der Waals surface area contributed by atoms with Crippen LogP contribution in [0.25, 0.3) is 4.96 Å². The van der Waals surface area contributed by atoms with Crippen molar-refractivity contribution in [3.8, 4) is 0 Å². The summed E-state index contributed by atoms with van der Waals surface area (Å²) in [7, 11) is -3.68. The lowest BCUT2D eigenvalue weighted by atomic mass is 10.3. The van der Waals surface area contributed by atoms with E-state index in [0.29, 0.717) is 21.6 Å². The summed E-state index contributed by atoms with van der Waals surface area (Å²) in [5.41, 5.74) is 0.540. The van der Waals surface area contributed by atoms with Crippen LogP contribution in [0.2, 0.25) is 0 Å². The van der Waals surface area contributed by atoms with Crippen molar-refractivity contribution in [2.24, 2.45) is 0 Å². The summed E-state index contributed by atoms with van der Waals surface area (Å²) in [5.74, 6) is 1.05. The lowest BCUT2D eigenvalue weighted by molar-refractivity contribution is -0.114. The zero-order valence-electron chi connectivity index (χ0n) is 13.8. The van der Waals surface area contributed by atoms with Gasteiger partial charge in [0.2, 0.25) is 20.9 Å². The summed E-state index contributed by atoms with van der Waals surface area (Å²) in [6.07, 6.45) is 2.18. The highest BCUT2D eigenvalue weighted by Crippen LogP contribution is 2.39. The van der Waals surface area contributed by atoms with Crippen molar-refractivity contribution in [3.05, 3.63) is 35.1 Å². The fourth-order valence-corrected chi connectivity index (χ4v) is 4.36. The van der Waals surface area contributed by atoms with Gasteiger partial charge in [0.15, 0.2) is 5.82 Å². The molecular weight excluding hydrogens is 376 g/mol. The van der Waals surface area contributed by atoms with Crippen LogP contribution >= 0.6 is 11.3 Å². The van der Waals surface area contributed by atoms with E-state index >= 15 is 0 Å². The molecule has 1 aliphatic rings. The second-order valence-electron chi connectivity index (χ2n) is 6.05. The van der Waals surface area contributed by atoms with E-state index in [4.69, 9.17) is 0 Å². The number of anilines is 1. The Balaban J connectivity index is 1.46. The minimum absolute atomic E-state index is 0.0773. The number of benzene rings is 1. The van der Waals surface area contributed by atoms with E-state index < -0.39 is 10.0 Å². The number of rotatable bonds is 6. The van der Waals surface area contributed by atoms with Gasteiger partial charge in [0.25, 0.3) is 0 Å². The van der Waals surface area contributed by atoms with E-state index in [1.54, 1.807) is 16.6 Å². The normalized spacial score (nSPS) is 14.7. The number of hydrogen-bond donors (Lipinski definition) is 2. The predicted molar refractivity (Wildman–Crippen MR) is 95.4 cm³/mol. The molecule has 3 aromatic rings. The van der Waals surface area contributed by atoms with Crippen LogP contribution in [0.15, 0.2) is 29.2 Å². The molecule has 2 heterocycles. The second-order valence-corrected chi connectivity index (χ2v) is 8.86. The zero-order valence-corrected chi connectivity index (χ0v) is 15.5. The van der Waals surface area contributed by atoms with Crippen LogP contribution < -0.4 is 10.0 Å². The molecule has 136 valence electrons.